The number of carbonyl (C=O) groups is 2. The Labute approximate surface area is 108 Å². The molecule has 2 saturated heterocycles. The van der Waals surface area contributed by atoms with Gasteiger partial charge in [0.15, 0.2) is 0 Å². The predicted molar refractivity (Wildman–Crippen MR) is 69.0 cm³/mol. The van der Waals surface area contributed by atoms with Gasteiger partial charge in [0, 0.05) is 19.0 Å². The lowest BCUT2D eigenvalue weighted by Gasteiger charge is -2.37. The Bertz CT molecular complexity index is 337. The van der Waals surface area contributed by atoms with Gasteiger partial charge in [-0.05, 0) is 38.8 Å². The van der Waals surface area contributed by atoms with Crippen LogP contribution in [0.5, 0.6) is 0 Å². The molecule has 1 unspecified atom stereocenters. The fourth-order valence-corrected chi connectivity index (χ4v) is 2.99. The van der Waals surface area contributed by atoms with Gasteiger partial charge in [-0.1, -0.05) is 6.92 Å². The quantitative estimate of drug-likeness (QED) is 0.734. The number of likely N-dealkylation sites (tertiary alicyclic amines) is 1. The minimum absolute atomic E-state index is 0.0293. The molecule has 5 heteroatoms. The summed E-state index contributed by atoms with van der Waals surface area (Å²) in [5.74, 6) is 0.133. The van der Waals surface area contributed by atoms with Crippen molar-refractivity contribution in [2.45, 2.75) is 38.6 Å². The lowest BCUT2D eigenvalue weighted by atomic mass is 9.79. The summed E-state index contributed by atoms with van der Waals surface area (Å²) < 4.78 is 0. The van der Waals surface area contributed by atoms with Crippen LogP contribution in [0.2, 0.25) is 0 Å². The molecule has 2 amide bonds. The molecule has 102 valence electrons. The monoisotopic (exact) mass is 253 g/mol. The first-order chi connectivity index (χ1) is 8.58. The lowest BCUT2D eigenvalue weighted by molar-refractivity contribution is -0.147. The minimum Gasteiger partial charge on any atom is -0.357 e. The number of hydrogen-bond acceptors (Lipinski definition) is 3. The topological polar surface area (TPSA) is 61.4 Å². The first-order valence-corrected chi connectivity index (χ1v) is 6.82. The molecule has 0 bridgehead atoms. The Hall–Kier alpha value is -1.10. The highest BCUT2D eigenvalue weighted by atomic mass is 16.2. The van der Waals surface area contributed by atoms with E-state index in [1.54, 1.807) is 11.9 Å². The van der Waals surface area contributed by atoms with Gasteiger partial charge in [-0.15, -0.1) is 0 Å². The molecule has 5 nitrogen and oxygen atoms in total. The van der Waals surface area contributed by atoms with Gasteiger partial charge < -0.3 is 15.5 Å². The second kappa shape index (κ2) is 5.26. The van der Waals surface area contributed by atoms with Crippen molar-refractivity contribution in [3.8, 4) is 0 Å². The van der Waals surface area contributed by atoms with Crippen LogP contribution in [0.3, 0.4) is 0 Å². The first-order valence-electron chi connectivity index (χ1n) is 6.82. The molecule has 2 aliphatic heterocycles. The summed E-state index contributed by atoms with van der Waals surface area (Å²) in [7, 11) is 1.63. The van der Waals surface area contributed by atoms with E-state index in [1.165, 1.54) is 0 Å². The van der Waals surface area contributed by atoms with E-state index in [-0.39, 0.29) is 23.3 Å². The Morgan fingerprint density at radius 3 is 2.61 bits per heavy atom. The number of nitrogens with zero attached hydrogens (tertiary/aromatic N) is 1. The van der Waals surface area contributed by atoms with Crippen molar-refractivity contribution in [1.29, 1.82) is 0 Å². The maximum atomic E-state index is 12.7. The largest absolute Gasteiger partial charge is 0.357 e. The first kappa shape index (κ1) is 13.3. The van der Waals surface area contributed by atoms with Gasteiger partial charge in [-0.3, -0.25) is 9.59 Å². The summed E-state index contributed by atoms with van der Waals surface area (Å²) in [4.78, 5) is 26.3. The van der Waals surface area contributed by atoms with Gasteiger partial charge in [0.05, 0.1) is 0 Å². The molecule has 0 spiro atoms. The van der Waals surface area contributed by atoms with Gasteiger partial charge in [-0.25, -0.2) is 0 Å². The van der Waals surface area contributed by atoms with E-state index in [4.69, 9.17) is 0 Å². The minimum atomic E-state index is -0.290. The van der Waals surface area contributed by atoms with E-state index < -0.39 is 0 Å². The zero-order valence-corrected chi connectivity index (χ0v) is 11.3. The molecule has 2 fully saturated rings. The normalized spacial score (nSPS) is 27.0. The van der Waals surface area contributed by atoms with Crippen molar-refractivity contribution in [2.24, 2.45) is 5.41 Å². The Kier molecular flexibility index (Phi) is 3.90. The van der Waals surface area contributed by atoms with Gasteiger partial charge in [-0.2, -0.15) is 0 Å². The second-order valence-electron chi connectivity index (χ2n) is 5.58. The Morgan fingerprint density at radius 2 is 2.00 bits per heavy atom. The highest BCUT2D eigenvalue weighted by Crippen LogP contribution is 2.33. The van der Waals surface area contributed by atoms with Crippen LogP contribution in [-0.4, -0.2) is 49.4 Å². The number of carbonyl (C=O) groups excluding carboxylic acids is 2. The maximum absolute atomic E-state index is 12.7. The van der Waals surface area contributed by atoms with Crippen LogP contribution >= 0.6 is 0 Å². The van der Waals surface area contributed by atoms with Crippen LogP contribution in [0, 0.1) is 5.41 Å². The molecule has 2 heterocycles. The molecule has 0 aromatic heterocycles. The van der Waals surface area contributed by atoms with E-state index in [0.29, 0.717) is 0 Å². The van der Waals surface area contributed by atoms with E-state index >= 15 is 0 Å². The average Bonchev–Trinajstić information content (AvgIpc) is 2.86. The van der Waals surface area contributed by atoms with Crippen molar-refractivity contribution in [3.05, 3.63) is 0 Å². The summed E-state index contributed by atoms with van der Waals surface area (Å²) in [6.45, 7) is 4.54. The van der Waals surface area contributed by atoms with Crippen molar-refractivity contribution >= 4 is 11.8 Å². The van der Waals surface area contributed by atoms with Gasteiger partial charge in [0.2, 0.25) is 11.8 Å². The van der Waals surface area contributed by atoms with E-state index in [9.17, 15) is 9.59 Å². The summed E-state index contributed by atoms with van der Waals surface area (Å²) in [5.41, 5.74) is -0.290. The number of piperidine rings is 1. The Morgan fingerprint density at radius 1 is 1.33 bits per heavy atom. The third-order valence-electron chi connectivity index (χ3n) is 4.29. The Balaban J connectivity index is 2.09. The predicted octanol–water partition coefficient (Wildman–Crippen LogP) is 0.113. The summed E-state index contributed by atoms with van der Waals surface area (Å²) in [6, 6.07) is -0.255. The number of hydrogen-bond donors (Lipinski definition) is 2. The van der Waals surface area contributed by atoms with Crippen molar-refractivity contribution < 1.29 is 9.59 Å². The SMILES string of the molecule is CNC(=O)C1CCCN1C(=O)C1(C)CCNCC1. The van der Waals surface area contributed by atoms with Gasteiger partial charge in [0.1, 0.15) is 6.04 Å². The maximum Gasteiger partial charge on any atom is 0.242 e. The molecule has 0 aliphatic carbocycles. The number of nitrogens with one attached hydrogen (secondary N) is 2. The third-order valence-corrected chi connectivity index (χ3v) is 4.29. The number of likely N-dealkylation sites (N-methyl/N-ethyl adjacent to an activating group) is 1. The molecule has 2 aliphatic rings. The van der Waals surface area contributed by atoms with Crippen LogP contribution in [-0.2, 0) is 9.59 Å². The molecular formula is C13H23N3O2. The zero-order valence-electron chi connectivity index (χ0n) is 11.3. The van der Waals surface area contributed by atoms with Crippen molar-refractivity contribution in [2.75, 3.05) is 26.7 Å². The second-order valence-corrected chi connectivity index (χ2v) is 5.58. The molecule has 0 aromatic rings. The molecule has 1 atom stereocenters. The van der Waals surface area contributed by atoms with Gasteiger partial charge in [0.25, 0.3) is 0 Å². The van der Waals surface area contributed by atoms with Crippen LogP contribution < -0.4 is 10.6 Å². The molecular weight excluding hydrogens is 230 g/mol. The molecule has 0 radical (unpaired) electrons. The number of rotatable bonds is 2. The summed E-state index contributed by atoms with van der Waals surface area (Å²) in [6.07, 6.45) is 3.45. The summed E-state index contributed by atoms with van der Waals surface area (Å²) in [5, 5.41) is 5.94. The lowest BCUT2D eigenvalue weighted by Crippen LogP contribution is -2.52. The smallest absolute Gasteiger partial charge is 0.242 e. The van der Waals surface area contributed by atoms with Crippen LogP contribution in [0.4, 0.5) is 0 Å². The summed E-state index contributed by atoms with van der Waals surface area (Å²) >= 11 is 0. The standard InChI is InChI=1S/C13H23N3O2/c1-13(5-7-15-8-6-13)12(18)16-9-3-4-10(16)11(17)14-2/h10,15H,3-9H2,1-2H3,(H,14,17). The van der Waals surface area contributed by atoms with E-state index in [2.05, 4.69) is 10.6 Å². The molecule has 0 saturated carbocycles. The van der Waals surface area contributed by atoms with E-state index in [1.807, 2.05) is 6.92 Å². The molecule has 2 rings (SSSR count). The fraction of sp³-hybridized carbons (Fsp3) is 0.846. The van der Waals surface area contributed by atoms with Crippen molar-refractivity contribution in [3.63, 3.8) is 0 Å². The number of amides is 2. The van der Waals surface area contributed by atoms with Crippen LogP contribution in [0.15, 0.2) is 0 Å². The van der Waals surface area contributed by atoms with E-state index in [0.717, 1.165) is 45.3 Å². The van der Waals surface area contributed by atoms with Crippen LogP contribution in [0.25, 0.3) is 0 Å². The molecule has 18 heavy (non-hydrogen) atoms. The zero-order chi connectivity index (χ0) is 13.2. The highest BCUT2D eigenvalue weighted by Gasteiger charge is 2.43. The fourth-order valence-electron chi connectivity index (χ4n) is 2.99. The molecule has 0 aromatic carbocycles. The third kappa shape index (κ3) is 2.36. The van der Waals surface area contributed by atoms with Crippen LogP contribution in [0.1, 0.15) is 32.6 Å². The average molecular weight is 253 g/mol. The van der Waals surface area contributed by atoms with Crippen molar-refractivity contribution in [1.82, 2.24) is 15.5 Å². The highest BCUT2D eigenvalue weighted by molar-refractivity contribution is 5.90. The van der Waals surface area contributed by atoms with Gasteiger partial charge >= 0.3 is 0 Å². The molecule has 2 N–H and O–H groups in total.